The predicted molar refractivity (Wildman–Crippen MR) is 91.7 cm³/mol. The second kappa shape index (κ2) is 6.11. The molecule has 0 bridgehead atoms. The highest BCUT2D eigenvalue weighted by molar-refractivity contribution is 5.98. The van der Waals surface area contributed by atoms with Crippen LogP contribution in [-0.4, -0.2) is 38.8 Å². The van der Waals surface area contributed by atoms with Crippen LogP contribution in [0.5, 0.6) is 5.75 Å². The third-order valence-corrected chi connectivity index (χ3v) is 5.05. The lowest BCUT2D eigenvalue weighted by molar-refractivity contribution is -0.121. The number of nitrogens with zero attached hydrogens (tertiary/aromatic N) is 4. The molecule has 8 nitrogen and oxygen atoms in total. The number of nitrogens with one attached hydrogen (secondary N) is 1. The largest absolute Gasteiger partial charge is 0.494 e. The number of methoxy groups -OCH3 is 1. The molecule has 0 spiro atoms. The molecule has 4 rings (SSSR count). The van der Waals surface area contributed by atoms with Crippen LogP contribution in [0.1, 0.15) is 50.3 Å². The predicted octanol–water partition coefficient (Wildman–Crippen LogP) is 1.76. The summed E-state index contributed by atoms with van der Waals surface area (Å²) in [5.74, 6) is 1.73. The molecule has 1 amide bonds. The van der Waals surface area contributed by atoms with Crippen LogP contribution >= 0.6 is 0 Å². The molecule has 0 aliphatic heterocycles. The Morgan fingerprint density at radius 1 is 1.36 bits per heavy atom. The number of aromatic nitrogens is 4. The Hall–Kier alpha value is -2.48. The third-order valence-electron chi connectivity index (χ3n) is 5.05. The molecule has 132 valence electrons. The van der Waals surface area contributed by atoms with Gasteiger partial charge in [-0.25, -0.2) is 0 Å². The number of anilines is 1. The standard InChI is InChI=1S/C17H22N6O2/c1-25-14-7-6-12(19-16(24)17(18)8-2-3-9-17)10-13(14)23-15(11-4-5-11)20-21-22-23/h6-7,10-11H,2-5,8-9,18H2,1H3,(H,19,24). The van der Waals surface area contributed by atoms with Gasteiger partial charge in [0, 0.05) is 11.6 Å². The Morgan fingerprint density at radius 3 is 2.80 bits per heavy atom. The fourth-order valence-electron chi connectivity index (χ4n) is 3.38. The van der Waals surface area contributed by atoms with E-state index < -0.39 is 5.54 Å². The highest BCUT2D eigenvalue weighted by atomic mass is 16.5. The van der Waals surface area contributed by atoms with E-state index >= 15 is 0 Å². The van der Waals surface area contributed by atoms with Crippen molar-refractivity contribution in [2.24, 2.45) is 5.73 Å². The van der Waals surface area contributed by atoms with Crippen molar-refractivity contribution in [3.8, 4) is 11.4 Å². The first-order valence-corrected chi connectivity index (χ1v) is 8.68. The molecule has 2 saturated carbocycles. The van der Waals surface area contributed by atoms with Crippen molar-refractivity contribution < 1.29 is 9.53 Å². The van der Waals surface area contributed by atoms with Gasteiger partial charge in [0.2, 0.25) is 5.91 Å². The van der Waals surface area contributed by atoms with E-state index in [0.29, 0.717) is 23.0 Å². The zero-order chi connectivity index (χ0) is 17.4. The van der Waals surface area contributed by atoms with Crippen LogP contribution in [0.15, 0.2) is 18.2 Å². The van der Waals surface area contributed by atoms with Crippen LogP contribution in [0.25, 0.3) is 5.69 Å². The Morgan fingerprint density at radius 2 is 2.12 bits per heavy atom. The Balaban J connectivity index is 1.64. The Bertz CT molecular complexity index is 792. The molecule has 3 N–H and O–H groups in total. The minimum absolute atomic E-state index is 0.139. The fraction of sp³-hybridized carbons (Fsp3) is 0.529. The highest BCUT2D eigenvalue weighted by Gasteiger charge is 2.37. The number of benzene rings is 1. The summed E-state index contributed by atoms with van der Waals surface area (Å²) in [6, 6.07) is 5.44. The molecule has 25 heavy (non-hydrogen) atoms. The number of ether oxygens (including phenoxy) is 1. The molecule has 0 unspecified atom stereocenters. The number of amides is 1. The van der Waals surface area contributed by atoms with Gasteiger partial charge in [-0.2, -0.15) is 4.68 Å². The van der Waals surface area contributed by atoms with E-state index in [4.69, 9.17) is 10.5 Å². The van der Waals surface area contributed by atoms with Crippen LogP contribution < -0.4 is 15.8 Å². The SMILES string of the molecule is COc1ccc(NC(=O)C2(N)CCCC2)cc1-n1nnnc1C1CC1. The lowest BCUT2D eigenvalue weighted by Gasteiger charge is -2.22. The fourth-order valence-corrected chi connectivity index (χ4v) is 3.38. The molecule has 1 heterocycles. The first-order valence-electron chi connectivity index (χ1n) is 8.68. The van der Waals surface area contributed by atoms with Gasteiger partial charge < -0.3 is 15.8 Å². The minimum atomic E-state index is -0.770. The molecule has 0 atom stereocenters. The second-order valence-electron chi connectivity index (χ2n) is 6.93. The van der Waals surface area contributed by atoms with Crippen molar-refractivity contribution in [3.05, 3.63) is 24.0 Å². The number of hydrogen-bond acceptors (Lipinski definition) is 6. The smallest absolute Gasteiger partial charge is 0.244 e. The summed E-state index contributed by atoms with van der Waals surface area (Å²) in [6.45, 7) is 0. The van der Waals surface area contributed by atoms with Crippen molar-refractivity contribution in [2.75, 3.05) is 12.4 Å². The first kappa shape index (κ1) is 16.0. The van der Waals surface area contributed by atoms with E-state index in [-0.39, 0.29) is 5.91 Å². The van der Waals surface area contributed by atoms with Gasteiger partial charge in [0.15, 0.2) is 5.82 Å². The summed E-state index contributed by atoms with van der Waals surface area (Å²) in [5, 5.41) is 15.0. The van der Waals surface area contributed by atoms with Gasteiger partial charge in [-0.15, -0.1) is 5.10 Å². The molecule has 1 aromatic carbocycles. The molecular formula is C17H22N6O2. The lowest BCUT2D eigenvalue weighted by atomic mass is 9.98. The van der Waals surface area contributed by atoms with E-state index in [1.807, 2.05) is 6.07 Å². The molecule has 2 aliphatic rings. The maximum Gasteiger partial charge on any atom is 0.244 e. The summed E-state index contributed by atoms with van der Waals surface area (Å²) in [7, 11) is 1.60. The maximum atomic E-state index is 12.6. The van der Waals surface area contributed by atoms with Crippen molar-refractivity contribution in [3.63, 3.8) is 0 Å². The zero-order valence-electron chi connectivity index (χ0n) is 14.2. The topological polar surface area (TPSA) is 108 Å². The zero-order valence-corrected chi connectivity index (χ0v) is 14.2. The second-order valence-corrected chi connectivity index (χ2v) is 6.93. The lowest BCUT2D eigenvalue weighted by Crippen LogP contribution is -2.48. The molecule has 0 radical (unpaired) electrons. The van der Waals surface area contributed by atoms with E-state index in [9.17, 15) is 4.79 Å². The molecule has 0 saturated heterocycles. The number of tetrazole rings is 1. The van der Waals surface area contributed by atoms with Crippen molar-refractivity contribution in [2.45, 2.75) is 50.0 Å². The summed E-state index contributed by atoms with van der Waals surface area (Å²) < 4.78 is 7.14. The average Bonchev–Trinajstić information content (AvgIpc) is 3.16. The van der Waals surface area contributed by atoms with Gasteiger partial charge in [0.05, 0.1) is 12.6 Å². The van der Waals surface area contributed by atoms with E-state index in [2.05, 4.69) is 20.8 Å². The van der Waals surface area contributed by atoms with Crippen molar-refractivity contribution in [1.29, 1.82) is 0 Å². The van der Waals surface area contributed by atoms with Gasteiger partial charge >= 0.3 is 0 Å². The first-order chi connectivity index (χ1) is 12.1. The number of carbonyl (C=O) groups is 1. The summed E-state index contributed by atoms with van der Waals surface area (Å²) in [6.07, 6.45) is 5.62. The molecular weight excluding hydrogens is 320 g/mol. The summed E-state index contributed by atoms with van der Waals surface area (Å²) >= 11 is 0. The summed E-state index contributed by atoms with van der Waals surface area (Å²) in [4.78, 5) is 12.6. The normalized spacial score (nSPS) is 19.0. The van der Waals surface area contributed by atoms with Gasteiger partial charge in [0.25, 0.3) is 0 Å². The number of hydrogen-bond donors (Lipinski definition) is 2. The Kier molecular flexibility index (Phi) is 3.91. The molecule has 2 aliphatic carbocycles. The quantitative estimate of drug-likeness (QED) is 0.857. The molecule has 2 fully saturated rings. The van der Waals surface area contributed by atoms with Crippen LogP contribution in [0, 0.1) is 0 Å². The van der Waals surface area contributed by atoms with Gasteiger partial charge in [-0.1, -0.05) is 12.8 Å². The van der Waals surface area contributed by atoms with Crippen LogP contribution in [0.4, 0.5) is 5.69 Å². The monoisotopic (exact) mass is 342 g/mol. The highest BCUT2D eigenvalue weighted by Crippen LogP contribution is 2.40. The third kappa shape index (κ3) is 2.97. The van der Waals surface area contributed by atoms with Crippen LogP contribution in [0.3, 0.4) is 0 Å². The van der Waals surface area contributed by atoms with Crippen LogP contribution in [0.2, 0.25) is 0 Å². The van der Waals surface area contributed by atoms with E-state index in [1.165, 1.54) is 0 Å². The van der Waals surface area contributed by atoms with Gasteiger partial charge in [-0.3, -0.25) is 4.79 Å². The van der Waals surface area contributed by atoms with Gasteiger partial charge in [0.1, 0.15) is 11.4 Å². The number of carbonyl (C=O) groups excluding carboxylic acids is 1. The van der Waals surface area contributed by atoms with Crippen molar-refractivity contribution in [1.82, 2.24) is 20.2 Å². The molecule has 8 heteroatoms. The van der Waals surface area contributed by atoms with Crippen LogP contribution in [-0.2, 0) is 4.79 Å². The average molecular weight is 342 g/mol. The Labute approximate surface area is 145 Å². The number of nitrogens with two attached hydrogens (primary N) is 1. The number of rotatable bonds is 5. The summed E-state index contributed by atoms with van der Waals surface area (Å²) in [5.41, 5.74) is 6.84. The van der Waals surface area contributed by atoms with E-state index in [1.54, 1.807) is 23.9 Å². The van der Waals surface area contributed by atoms with Crippen molar-refractivity contribution >= 4 is 11.6 Å². The minimum Gasteiger partial charge on any atom is -0.494 e. The maximum absolute atomic E-state index is 12.6. The van der Waals surface area contributed by atoms with Gasteiger partial charge in [-0.05, 0) is 54.3 Å². The van der Waals surface area contributed by atoms with E-state index in [0.717, 1.165) is 44.3 Å². The molecule has 1 aromatic heterocycles. The molecule has 2 aromatic rings.